The molecule has 1 rings (SSSR count). The van der Waals surface area contributed by atoms with Gasteiger partial charge in [0.2, 0.25) is 0 Å². The van der Waals surface area contributed by atoms with E-state index in [1.54, 1.807) is 0 Å². The fourth-order valence-electron chi connectivity index (χ4n) is 2.19. The van der Waals surface area contributed by atoms with Gasteiger partial charge in [0.15, 0.2) is 0 Å². The molecule has 17 heavy (non-hydrogen) atoms. The molecular formula is C13H30N4. The van der Waals surface area contributed by atoms with Crippen LogP contribution in [0.15, 0.2) is 0 Å². The smallest absolute Gasteiger partial charge is 0.0107 e. The first kappa shape index (κ1) is 14.9. The number of likely N-dealkylation sites (N-methyl/N-ethyl adjacent to an activating group) is 1. The molecule has 4 heteroatoms. The predicted octanol–water partition coefficient (Wildman–Crippen LogP) is 0.0690. The molecule has 0 spiro atoms. The highest BCUT2D eigenvalue weighted by Gasteiger charge is 2.07. The topological polar surface area (TPSA) is 30.5 Å². The summed E-state index contributed by atoms with van der Waals surface area (Å²) in [4.78, 5) is 4.95. The van der Waals surface area contributed by atoms with E-state index >= 15 is 0 Å². The highest BCUT2D eigenvalue weighted by atomic mass is 15.2. The van der Waals surface area contributed by atoms with Crippen molar-refractivity contribution in [3.63, 3.8) is 0 Å². The average Bonchev–Trinajstić information content (AvgIpc) is 2.25. The van der Waals surface area contributed by atoms with Gasteiger partial charge < -0.3 is 20.4 Å². The van der Waals surface area contributed by atoms with Crippen LogP contribution in [0.4, 0.5) is 0 Å². The van der Waals surface area contributed by atoms with Crippen molar-refractivity contribution in [1.82, 2.24) is 20.4 Å². The zero-order valence-corrected chi connectivity index (χ0v) is 11.8. The molecule has 102 valence electrons. The van der Waals surface area contributed by atoms with Crippen LogP contribution in [0.1, 0.15) is 13.8 Å². The molecule has 0 aliphatic carbocycles. The van der Waals surface area contributed by atoms with Crippen molar-refractivity contribution in [2.75, 3.05) is 66.0 Å². The van der Waals surface area contributed by atoms with Crippen molar-refractivity contribution in [2.24, 2.45) is 5.92 Å². The standard InChI is InChI=1S/C13H30N4/c1-13(2)12-17-10-6-14-4-8-16(3)9-5-15-7-11-17/h13-15H,4-12H2,1-3H3. The Bertz CT molecular complexity index is 170. The Hall–Kier alpha value is -0.160. The minimum Gasteiger partial charge on any atom is -0.314 e. The Morgan fingerprint density at radius 1 is 0.882 bits per heavy atom. The van der Waals surface area contributed by atoms with Crippen molar-refractivity contribution in [3.05, 3.63) is 0 Å². The van der Waals surface area contributed by atoms with Crippen molar-refractivity contribution < 1.29 is 0 Å². The number of hydrogen-bond acceptors (Lipinski definition) is 4. The van der Waals surface area contributed by atoms with Gasteiger partial charge in [-0.3, -0.25) is 0 Å². The summed E-state index contributed by atoms with van der Waals surface area (Å²) in [6.07, 6.45) is 0. The highest BCUT2D eigenvalue weighted by Crippen LogP contribution is 1.97. The van der Waals surface area contributed by atoms with E-state index < -0.39 is 0 Å². The molecule has 1 saturated heterocycles. The van der Waals surface area contributed by atoms with Crippen LogP contribution in [0.3, 0.4) is 0 Å². The van der Waals surface area contributed by atoms with Crippen molar-refractivity contribution in [2.45, 2.75) is 13.8 Å². The lowest BCUT2D eigenvalue weighted by Gasteiger charge is -2.26. The Morgan fingerprint density at radius 3 is 1.82 bits per heavy atom. The van der Waals surface area contributed by atoms with Crippen LogP contribution < -0.4 is 10.6 Å². The Labute approximate surface area is 107 Å². The highest BCUT2D eigenvalue weighted by molar-refractivity contribution is 4.66. The molecule has 1 fully saturated rings. The summed E-state index contributed by atoms with van der Waals surface area (Å²) in [6.45, 7) is 14.9. The molecule has 1 heterocycles. The van der Waals surface area contributed by atoms with E-state index in [4.69, 9.17) is 0 Å². The van der Waals surface area contributed by atoms with Crippen LogP contribution in [0, 0.1) is 5.92 Å². The number of nitrogens with zero attached hydrogens (tertiary/aromatic N) is 2. The molecule has 0 saturated carbocycles. The second-order valence-electron chi connectivity index (χ2n) is 5.50. The first-order chi connectivity index (χ1) is 8.18. The average molecular weight is 242 g/mol. The fraction of sp³-hybridized carbons (Fsp3) is 1.00. The van der Waals surface area contributed by atoms with Crippen LogP contribution in [0.2, 0.25) is 0 Å². The quantitative estimate of drug-likeness (QED) is 0.717. The van der Waals surface area contributed by atoms with Gasteiger partial charge >= 0.3 is 0 Å². The van der Waals surface area contributed by atoms with Crippen molar-refractivity contribution in [1.29, 1.82) is 0 Å². The van der Waals surface area contributed by atoms with Gasteiger partial charge in [-0.1, -0.05) is 13.8 Å². The summed E-state index contributed by atoms with van der Waals surface area (Å²) in [5.74, 6) is 0.758. The molecular weight excluding hydrogens is 212 g/mol. The number of nitrogens with one attached hydrogen (secondary N) is 2. The summed E-state index contributed by atoms with van der Waals surface area (Å²) in [5, 5.41) is 7.07. The zero-order chi connectivity index (χ0) is 12.5. The molecule has 0 aromatic heterocycles. The molecule has 0 aromatic rings. The lowest BCUT2D eigenvalue weighted by molar-refractivity contribution is 0.235. The van der Waals surface area contributed by atoms with E-state index in [9.17, 15) is 0 Å². The van der Waals surface area contributed by atoms with Crippen LogP contribution in [0.25, 0.3) is 0 Å². The third-order valence-electron chi connectivity index (χ3n) is 3.17. The normalized spacial score (nSPS) is 23.3. The largest absolute Gasteiger partial charge is 0.314 e. The molecule has 1 aliphatic heterocycles. The first-order valence-corrected chi connectivity index (χ1v) is 7.01. The molecule has 0 bridgehead atoms. The van der Waals surface area contributed by atoms with E-state index in [2.05, 4.69) is 41.3 Å². The van der Waals surface area contributed by atoms with Gasteiger partial charge in [0.1, 0.15) is 0 Å². The van der Waals surface area contributed by atoms with Crippen LogP contribution in [-0.4, -0.2) is 75.8 Å². The van der Waals surface area contributed by atoms with Crippen molar-refractivity contribution >= 4 is 0 Å². The molecule has 1 aliphatic rings. The van der Waals surface area contributed by atoms with Crippen LogP contribution >= 0.6 is 0 Å². The summed E-state index contributed by atoms with van der Waals surface area (Å²) in [7, 11) is 2.19. The minimum atomic E-state index is 0.758. The summed E-state index contributed by atoms with van der Waals surface area (Å²) >= 11 is 0. The maximum Gasteiger partial charge on any atom is 0.0107 e. The predicted molar refractivity (Wildman–Crippen MR) is 74.5 cm³/mol. The van der Waals surface area contributed by atoms with Gasteiger partial charge in [0.05, 0.1) is 0 Å². The Balaban J connectivity index is 2.29. The van der Waals surface area contributed by atoms with E-state index in [0.29, 0.717) is 0 Å². The maximum absolute atomic E-state index is 3.53. The van der Waals surface area contributed by atoms with Gasteiger partial charge in [-0.15, -0.1) is 0 Å². The summed E-state index contributed by atoms with van der Waals surface area (Å²) in [5.41, 5.74) is 0. The second kappa shape index (κ2) is 8.86. The lowest BCUT2D eigenvalue weighted by Crippen LogP contribution is -2.43. The fourth-order valence-corrected chi connectivity index (χ4v) is 2.19. The third-order valence-corrected chi connectivity index (χ3v) is 3.17. The van der Waals surface area contributed by atoms with E-state index in [-0.39, 0.29) is 0 Å². The molecule has 0 amide bonds. The van der Waals surface area contributed by atoms with E-state index in [1.807, 2.05) is 0 Å². The van der Waals surface area contributed by atoms with E-state index in [1.165, 1.54) is 19.6 Å². The van der Waals surface area contributed by atoms with Gasteiger partial charge in [0, 0.05) is 58.9 Å². The van der Waals surface area contributed by atoms with Gasteiger partial charge in [-0.2, -0.15) is 0 Å². The summed E-state index contributed by atoms with van der Waals surface area (Å²) in [6, 6.07) is 0. The molecule has 0 atom stereocenters. The van der Waals surface area contributed by atoms with Crippen LogP contribution in [-0.2, 0) is 0 Å². The Kier molecular flexibility index (Phi) is 7.77. The molecule has 0 radical (unpaired) electrons. The molecule has 0 unspecified atom stereocenters. The molecule has 4 nitrogen and oxygen atoms in total. The SMILES string of the molecule is CC(C)CN1CCNCCN(C)CCNCC1. The zero-order valence-electron chi connectivity index (χ0n) is 11.8. The Morgan fingerprint density at radius 2 is 1.35 bits per heavy atom. The number of hydrogen-bond donors (Lipinski definition) is 2. The minimum absolute atomic E-state index is 0.758. The maximum atomic E-state index is 3.53. The lowest BCUT2D eigenvalue weighted by atomic mass is 10.2. The molecule has 2 N–H and O–H groups in total. The second-order valence-corrected chi connectivity index (χ2v) is 5.50. The monoisotopic (exact) mass is 242 g/mol. The summed E-state index contributed by atoms with van der Waals surface area (Å²) < 4.78 is 0. The van der Waals surface area contributed by atoms with Gasteiger partial charge in [0.25, 0.3) is 0 Å². The molecule has 0 aromatic carbocycles. The van der Waals surface area contributed by atoms with Gasteiger partial charge in [-0.25, -0.2) is 0 Å². The van der Waals surface area contributed by atoms with Gasteiger partial charge in [-0.05, 0) is 13.0 Å². The van der Waals surface area contributed by atoms with E-state index in [0.717, 1.165) is 45.2 Å². The van der Waals surface area contributed by atoms with Crippen molar-refractivity contribution in [3.8, 4) is 0 Å². The third kappa shape index (κ3) is 7.71. The first-order valence-electron chi connectivity index (χ1n) is 7.01. The van der Waals surface area contributed by atoms with Crippen LogP contribution in [0.5, 0.6) is 0 Å². The number of rotatable bonds is 2.